The Labute approximate surface area is 117 Å². The Morgan fingerprint density at radius 3 is 2.20 bits per heavy atom. The maximum atomic E-state index is 6.05. The summed E-state index contributed by atoms with van der Waals surface area (Å²) in [5, 5.41) is 0. The molecule has 90 valence electrons. The molecule has 0 aromatic heterocycles. The molecular formula is C10H18Br3NO. The highest BCUT2D eigenvalue weighted by Crippen LogP contribution is 2.47. The molecule has 1 fully saturated rings. The summed E-state index contributed by atoms with van der Waals surface area (Å²) in [7, 11) is 4.12. The van der Waals surface area contributed by atoms with E-state index in [9.17, 15) is 0 Å². The second-order valence-corrected chi connectivity index (χ2v) is 12.3. The molecule has 0 aliphatic carbocycles. The number of hydrogen-bond acceptors (Lipinski definition) is 2. The van der Waals surface area contributed by atoms with Crippen LogP contribution >= 0.6 is 47.8 Å². The third kappa shape index (κ3) is 4.26. The van der Waals surface area contributed by atoms with E-state index in [4.69, 9.17) is 4.74 Å². The van der Waals surface area contributed by atoms with Crippen LogP contribution in [0.25, 0.3) is 0 Å². The number of hydrogen-bond donors (Lipinski definition) is 0. The molecule has 0 N–H and O–H groups in total. The summed E-state index contributed by atoms with van der Waals surface area (Å²) in [6, 6.07) is 0. The second kappa shape index (κ2) is 4.92. The van der Waals surface area contributed by atoms with Gasteiger partial charge in [-0.25, -0.2) is 0 Å². The van der Waals surface area contributed by atoms with Crippen molar-refractivity contribution in [2.24, 2.45) is 5.41 Å². The summed E-state index contributed by atoms with van der Waals surface area (Å²) < 4.78 is 5.84. The van der Waals surface area contributed by atoms with Gasteiger partial charge in [0.1, 0.15) is 8.37 Å². The monoisotopic (exact) mass is 405 g/mol. The predicted octanol–water partition coefficient (Wildman–Crippen LogP) is 3.92. The normalized spacial score (nSPS) is 31.2. The minimum absolute atomic E-state index is 0.212. The van der Waals surface area contributed by atoms with Crippen molar-refractivity contribution in [3.05, 3.63) is 0 Å². The lowest BCUT2D eigenvalue weighted by molar-refractivity contribution is -0.0432. The van der Waals surface area contributed by atoms with Gasteiger partial charge in [0.15, 0.2) is 0 Å². The van der Waals surface area contributed by atoms with Crippen molar-refractivity contribution in [1.82, 2.24) is 4.90 Å². The van der Waals surface area contributed by atoms with E-state index < -0.39 is 0 Å². The zero-order chi connectivity index (χ0) is 11.9. The van der Waals surface area contributed by atoms with Gasteiger partial charge < -0.3 is 4.74 Å². The molecule has 0 amide bonds. The van der Waals surface area contributed by atoms with Gasteiger partial charge in [-0.2, -0.15) is 0 Å². The molecule has 0 radical (unpaired) electrons. The zero-order valence-electron chi connectivity index (χ0n) is 9.56. The van der Waals surface area contributed by atoms with Crippen molar-refractivity contribution in [3.8, 4) is 0 Å². The first kappa shape index (κ1) is 14.4. The fourth-order valence-corrected chi connectivity index (χ4v) is 2.72. The summed E-state index contributed by atoms with van der Waals surface area (Å²) in [6.07, 6.45) is 2.46. The summed E-state index contributed by atoms with van der Waals surface area (Å²) in [5.41, 5.74) is 0.218. The highest BCUT2D eigenvalue weighted by atomic mass is 80.0. The molecule has 15 heavy (non-hydrogen) atoms. The predicted molar refractivity (Wildman–Crippen MR) is 74.9 cm³/mol. The Morgan fingerprint density at radius 1 is 1.33 bits per heavy atom. The summed E-state index contributed by atoms with van der Waals surface area (Å²) in [6.45, 7) is 4.53. The topological polar surface area (TPSA) is 12.5 Å². The number of rotatable bonds is 2. The van der Waals surface area contributed by atoms with Gasteiger partial charge in [-0.05, 0) is 25.9 Å². The quantitative estimate of drug-likeness (QED) is 0.643. The Kier molecular flexibility index (Phi) is 4.73. The fourth-order valence-electron chi connectivity index (χ4n) is 1.84. The molecule has 5 heteroatoms. The van der Waals surface area contributed by atoms with Gasteiger partial charge in [-0.1, -0.05) is 61.6 Å². The molecule has 2 atom stereocenters. The van der Waals surface area contributed by atoms with Crippen molar-refractivity contribution in [1.29, 1.82) is 0 Å². The summed E-state index contributed by atoms with van der Waals surface area (Å²) in [5.74, 6) is 0. The average molecular weight is 408 g/mol. The molecule has 1 heterocycles. The van der Waals surface area contributed by atoms with E-state index in [0.717, 1.165) is 12.8 Å². The standard InChI is InChI=1S/C10H18Br3NO/c1-9(2)6-8(14(3)4)15-7(9)5-10(11,12)13/h7-8H,5-6H2,1-4H3. The number of nitrogens with zero attached hydrogens (tertiary/aromatic N) is 1. The van der Waals surface area contributed by atoms with Crippen LogP contribution in [0.2, 0.25) is 0 Å². The number of alkyl halides is 3. The van der Waals surface area contributed by atoms with Gasteiger partial charge in [0, 0.05) is 6.42 Å². The van der Waals surface area contributed by atoms with E-state index >= 15 is 0 Å². The zero-order valence-corrected chi connectivity index (χ0v) is 14.3. The number of halogens is 3. The highest BCUT2D eigenvalue weighted by Gasteiger charge is 2.44. The average Bonchev–Trinajstić information content (AvgIpc) is 2.24. The molecule has 1 rings (SSSR count). The fraction of sp³-hybridized carbons (Fsp3) is 1.00. The molecule has 2 unspecified atom stereocenters. The molecule has 0 aromatic carbocycles. The minimum atomic E-state index is -0.212. The van der Waals surface area contributed by atoms with Crippen LogP contribution in [0.5, 0.6) is 0 Å². The van der Waals surface area contributed by atoms with Gasteiger partial charge in [-0.3, -0.25) is 4.90 Å². The van der Waals surface area contributed by atoms with Gasteiger partial charge in [0.25, 0.3) is 0 Å². The van der Waals surface area contributed by atoms with Crippen molar-refractivity contribution in [2.45, 2.75) is 41.2 Å². The Morgan fingerprint density at radius 2 is 1.87 bits per heavy atom. The Hall–Kier alpha value is 1.36. The largest absolute Gasteiger partial charge is 0.359 e. The Bertz CT molecular complexity index is 225. The first-order valence-electron chi connectivity index (χ1n) is 5.00. The smallest absolute Gasteiger partial charge is 0.137 e. The minimum Gasteiger partial charge on any atom is -0.359 e. The lowest BCUT2D eigenvalue weighted by atomic mass is 9.84. The van der Waals surface area contributed by atoms with Crippen molar-refractivity contribution in [2.75, 3.05) is 14.1 Å². The van der Waals surface area contributed by atoms with Crippen LogP contribution in [0.15, 0.2) is 0 Å². The van der Waals surface area contributed by atoms with Gasteiger partial charge in [0.05, 0.1) is 6.10 Å². The molecule has 0 bridgehead atoms. The molecule has 0 saturated carbocycles. The second-order valence-electron chi connectivity index (χ2n) is 5.05. The first-order chi connectivity index (χ1) is 6.62. The van der Waals surface area contributed by atoms with Crippen molar-refractivity contribution < 1.29 is 4.74 Å². The van der Waals surface area contributed by atoms with Crippen molar-refractivity contribution in [3.63, 3.8) is 0 Å². The van der Waals surface area contributed by atoms with Gasteiger partial charge in [-0.15, -0.1) is 0 Å². The van der Waals surface area contributed by atoms with Crippen molar-refractivity contribution >= 4 is 47.8 Å². The first-order valence-corrected chi connectivity index (χ1v) is 7.38. The number of ether oxygens (including phenoxy) is 1. The molecule has 0 aromatic rings. The van der Waals surface area contributed by atoms with Crippen LogP contribution < -0.4 is 0 Å². The summed E-state index contributed by atoms with van der Waals surface area (Å²) in [4.78, 5) is 2.14. The van der Waals surface area contributed by atoms with Crippen LogP contribution in [0.3, 0.4) is 0 Å². The highest BCUT2D eigenvalue weighted by molar-refractivity contribution is 9.39. The van der Waals surface area contributed by atoms with Gasteiger partial charge in [0.2, 0.25) is 0 Å². The maximum Gasteiger partial charge on any atom is 0.137 e. The van der Waals surface area contributed by atoms with E-state index in [0.29, 0.717) is 0 Å². The maximum absolute atomic E-state index is 6.05. The SMILES string of the molecule is CN(C)C1CC(C)(C)C(CC(Br)(Br)Br)O1. The Balaban J connectivity index is 2.66. The van der Waals surface area contributed by atoms with E-state index in [2.05, 4.69) is 80.6 Å². The van der Waals surface area contributed by atoms with Gasteiger partial charge >= 0.3 is 0 Å². The van der Waals surface area contributed by atoms with E-state index in [1.54, 1.807) is 0 Å². The molecule has 1 saturated heterocycles. The summed E-state index contributed by atoms with van der Waals surface area (Å²) >= 11 is 10.6. The van der Waals surface area contributed by atoms with Crippen LogP contribution in [0, 0.1) is 5.41 Å². The van der Waals surface area contributed by atoms with Crippen LogP contribution in [-0.4, -0.2) is 33.5 Å². The van der Waals surface area contributed by atoms with E-state index in [1.807, 2.05) is 0 Å². The molecule has 2 nitrogen and oxygen atoms in total. The van der Waals surface area contributed by atoms with Crippen LogP contribution in [-0.2, 0) is 4.74 Å². The van der Waals surface area contributed by atoms with Crippen LogP contribution in [0.4, 0.5) is 0 Å². The molecular weight excluding hydrogens is 390 g/mol. The molecule has 1 aliphatic rings. The molecule has 1 aliphatic heterocycles. The lowest BCUT2D eigenvalue weighted by Gasteiger charge is -2.28. The lowest BCUT2D eigenvalue weighted by Crippen LogP contribution is -2.29. The van der Waals surface area contributed by atoms with E-state index in [-0.39, 0.29) is 19.9 Å². The van der Waals surface area contributed by atoms with Crippen LogP contribution in [0.1, 0.15) is 26.7 Å². The third-order valence-corrected chi connectivity index (χ3v) is 3.86. The molecule has 0 spiro atoms. The van der Waals surface area contributed by atoms with E-state index in [1.165, 1.54) is 0 Å². The third-order valence-electron chi connectivity index (χ3n) is 2.89.